The Morgan fingerprint density at radius 1 is 0.786 bits per heavy atom. The number of carbonyl (C=O) groups excluding carboxylic acids is 2. The normalized spacial score (nSPS) is 28.1. The Kier molecular flexibility index (Phi) is 7.84. The topological polar surface area (TPSA) is 111 Å². The Labute approximate surface area is 168 Å². The summed E-state index contributed by atoms with van der Waals surface area (Å²) in [5.74, 6) is -0.838. The van der Waals surface area contributed by atoms with Gasteiger partial charge in [-0.1, -0.05) is 12.8 Å². The van der Waals surface area contributed by atoms with Gasteiger partial charge in [0.2, 0.25) is 0 Å². The maximum absolute atomic E-state index is 11.7. The van der Waals surface area contributed by atoms with E-state index < -0.39 is 24.3 Å². The van der Waals surface area contributed by atoms with E-state index in [-0.39, 0.29) is 11.1 Å². The van der Waals surface area contributed by atoms with Gasteiger partial charge in [-0.25, -0.2) is 0 Å². The fourth-order valence-corrected chi connectivity index (χ4v) is 4.17. The largest absolute Gasteiger partial charge is 0.366 e. The third kappa shape index (κ3) is 5.65. The van der Waals surface area contributed by atoms with E-state index in [2.05, 4.69) is 37.5 Å². The van der Waals surface area contributed by atoms with Crippen LogP contribution in [0.2, 0.25) is 0 Å². The summed E-state index contributed by atoms with van der Waals surface area (Å²) in [7, 11) is 0. The summed E-state index contributed by atoms with van der Waals surface area (Å²) in [6.45, 7) is 11.2. The molecule has 2 saturated heterocycles. The number of unbranched alkanes of at least 4 members (excludes halogenated alkanes) is 3. The molecule has 2 heterocycles. The number of nitrogens with two attached hydrogens (primary N) is 2. The van der Waals surface area contributed by atoms with Gasteiger partial charge < -0.3 is 20.9 Å². The summed E-state index contributed by atoms with van der Waals surface area (Å²) in [6.07, 6.45) is 4.51. The summed E-state index contributed by atoms with van der Waals surface area (Å²) >= 11 is 0. The molecule has 8 nitrogen and oxygen atoms in total. The Hall–Kier alpha value is -1.22. The van der Waals surface area contributed by atoms with Crippen molar-refractivity contribution in [2.75, 3.05) is 26.3 Å². The van der Waals surface area contributed by atoms with E-state index >= 15 is 0 Å². The zero-order valence-corrected chi connectivity index (χ0v) is 17.9. The van der Waals surface area contributed by atoms with E-state index in [1.807, 2.05) is 0 Å². The molecule has 0 aliphatic carbocycles. The van der Waals surface area contributed by atoms with Crippen molar-refractivity contribution in [1.82, 2.24) is 9.80 Å². The van der Waals surface area contributed by atoms with Crippen LogP contribution in [0, 0.1) is 0 Å². The SMILES string of the molecule is CC1(C)CCOC(C(N)=O)N1CCCCCCN1C(C(N)=O)OCCC1(C)C. The Morgan fingerprint density at radius 2 is 1.14 bits per heavy atom. The van der Waals surface area contributed by atoms with Gasteiger partial charge in [-0.2, -0.15) is 0 Å². The van der Waals surface area contributed by atoms with Crippen LogP contribution in [0.1, 0.15) is 66.2 Å². The van der Waals surface area contributed by atoms with Crippen LogP contribution in [0.3, 0.4) is 0 Å². The van der Waals surface area contributed by atoms with Crippen LogP contribution in [0.5, 0.6) is 0 Å². The second-order valence-corrected chi connectivity index (χ2v) is 9.18. The summed E-state index contributed by atoms with van der Waals surface area (Å²) in [5.41, 5.74) is 10.8. The molecule has 162 valence electrons. The molecule has 2 fully saturated rings. The van der Waals surface area contributed by atoms with E-state index in [1.165, 1.54) is 0 Å². The molecule has 0 aromatic heterocycles. The van der Waals surface area contributed by atoms with Gasteiger partial charge in [0.1, 0.15) is 0 Å². The molecule has 0 saturated carbocycles. The fourth-order valence-electron chi connectivity index (χ4n) is 4.17. The molecule has 2 unspecified atom stereocenters. The van der Waals surface area contributed by atoms with Crippen molar-refractivity contribution in [3.8, 4) is 0 Å². The number of primary amides is 2. The molecule has 2 amide bonds. The van der Waals surface area contributed by atoms with Gasteiger partial charge in [-0.05, 0) is 53.4 Å². The minimum absolute atomic E-state index is 0.0954. The highest BCUT2D eigenvalue weighted by Crippen LogP contribution is 2.29. The van der Waals surface area contributed by atoms with E-state index in [9.17, 15) is 9.59 Å². The summed E-state index contributed by atoms with van der Waals surface area (Å²) < 4.78 is 11.2. The highest BCUT2D eigenvalue weighted by Gasteiger charge is 2.40. The number of hydrogen-bond donors (Lipinski definition) is 2. The molecule has 2 atom stereocenters. The fraction of sp³-hybridized carbons (Fsp3) is 0.900. The summed E-state index contributed by atoms with van der Waals surface area (Å²) in [4.78, 5) is 27.6. The van der Waals surface area contributed by atoms with Crippen LogP contribution in [-0.2, 0) is 19.1 Å². The number of carbonyl (C=O) groups is 2. The first-order valence-electron chi connectivity index (χ1n) is 10.4. The Morgan fingerprint density at radius 3 is 1.46 bits per heavy atom. The zero-order valence-electron chi connectivity index (χ0n) is 17.9. The maximum atomic E-state index is 11.7. The standard InChI is InChI=1S/C20H38N4O4/c1-19(2)9-13-27-17(15(21)25)23(19)11-7-5-6-8-12-24-18(16(22)26)28-14-10-20(24,3)4/h17-18H,5-14H2,1-4H3,(H2,21,25)(H2,22,26). The van der Waals surface area contributed by atoms with Crippen LogP contribution in [0.15, 0.2) is 0 Å². The zero-order chi connectivity index (χ0) is 20.9. The molecule has 0 bridgehead atoms. The molecule has 4 N–H and O–H groups in total. The number of rotatable bonds is 9. The lowest BCUT2D eigenvalue weighted by atomic mass is 9.95. The lowest BCUT2D eigenvalue weighted by molar-refractivity contribution is -0.172. The van der Waals surface area contributed by atoms with E-state index in [0.717, 1.165) is 51.6 Å². The van der Waals surface area contributed by atoms with Gasteiger partial charge >= 0.3 is 0 Å². The van der Waals surface area contributed by atoms with Crippen molar-refractivity contribution in [2.24, 2.45) is 11.5 Å². The minimum Gasteiger partial charge on any atom is -0.366 e. The molecule has 2 aliphatic heterocycles. The van der Waals surface area contributed by atoms with Crippen LogP contribution in [0.4, 0.5) is 0 Å². The van der Waals surface area contributed by atoms with Crippen LogP contribution >= 0.6 is 0 Å². The number of hydrogen-bond acceptors (Lipinski definition) is 6. The van der Waals surface area contributed by atoms with E-state index in [4.69, 9.17) is 20.9 Å². The number of nitrogens with zero attached hydrogens (tertiary/aromatic N) is 2. The first-order chi connectivity index (χ1) is 13.1. The minimum atomic E-state index is -0.633. The van der Waals surface area contributed by atoms with Crippen molar-refractivity contribution < 1.29 is 19.1 Å². The van der Waals surface area contributed by atoms with Gasteiger partial charge in [0.25, 0.3) is 11.8 Å². The predicted octanol–water partition coefficient (Wildman–Crippen LogP) is 1.17. The van der Waals surface area contributed by atoms with Gasteiger partial charge in [0, 0.05) is 24.2 Å². The van der Waals surface area contributed by atoms with Gasteiger partial charge in [-0.3, -0.25) is 19.4 Å². The summed E-state index contributed by atoms with van der Waals surface area (Å²) in [6, 6.07) is 0. The van der Waals surface area contributed by atoms with Crippen molar-refractivity contribution in [3.05, 3.63) is 0 Å². The van der Waals surface area contributed by atoms with Crippen LogP contribution in [-0.4, -0.2) is 71.5 Å². The monoisotopic (exact) mass is 398 g/mol. The Bertz CT molecular complexity index is 504. The van der Waals surface area contributed by atoms with Crippen molar-refractivity contribution in [3.63, 3.8) is 0 Å². The number of amides is 2. The van der Waals surface area contributed by atoms with Crippen LogP contribution in [0.25, 0.3) is 0 Å². The molecule has 2 aliphatic rings. The van der Waals surface area contributed by atoms with Crippen LogP contribution < -0.4 is 11.5 Å². The first-order valence-corrected chi connectivity index (χ1v) is 10.4. The average Bonchev–Trinajstić information content (AvgIpc) is 2.58. The average molecular weight is 399 g/mol. The van der Waals surface area contributed by atoms with Gasteiger partial charge in [0.05, 0.1) is 13.2 Å². The number of ether oxygens (including phenoxy) is 2. The van der Waals surface area contributed by atoms with E-state index in [0.29, 0.717) is 13.2 Å². The lowest BCUT2D eigenvalue weighted by Gasteiger charge is -2.46. The Balaban J connectivity index is 1.77. The third-order valence-electron chi connectivity index (χ3n) is 6.14. The molecule has 28 heavy (non-hydrogen) atoms. The lowest BCUT2D eigenvalue weighted by Crippen LogP contribution is -2.60. The molecule has 0 radical (unpaired) electrons. The smallest absolute Gasteiger partial charge is 0.261 e. The maximum Gasteiger partial charge on any atom is 0.261 e. The summed E-state index contributed by atoms with van der Waals surface area (Å²) in [5, 5.41) is 0. The van der Waals surface area contributed by atoms with E-state index in [1.54, 1.807) is 0 Å². The van der Waals surface area contributed by atoms with Gasteiger partial charge in [-0.15, -0.1) is 0 Å². The second kappa shape index (κ2) is 9.52. The predicted molar refractivity (Wildman–Crippen MR) is 107 cm³/mol. The molecule has 0 aromatic rings. The molecular formula is C20H38N4O4. The third-order valence-corrected chi connectivity index (χ3v) is 6.14. The van der Waals surface area contributed by atoms with Crippen molar-refractivity contribution in [1.29, 1.82) is 0 Å². The molecule has 0 aromatic carbocycles. The molecule has 8 heteroatoms. The first kappa shape index (κ1) is 23.1. The highest BCUT2D eigenvalue weighted by atomic mass is 16.5. The van der Waals surface area contributed by atoms with Crippen molar-refractivity contribution >= 4 is 11.8 Å². The quantitative estimate of drug-likeness (QED) is 0.564. The molecule has 0 spiro atoms. The van der Waals surface area contributed by atoms with Crippen molar-refractivity contribution in [2.45, 2.75) is 89.8 Å². The highest BCUT2D eigenvalue weighted by molar-refractivity contribution is 5.79. The van der Waals surface area contributed by atoms with Gasteiger partial charge in [0.15, 0.2) is 12.5 Å². The molecule has 2 rings (SSSR count). The second-order valence-electron chi connectivity index (χ2n) is 9.18. The molecular weight excluding hydrogens is 360 g/mol.